The van der Waals surface area contributed by atoms with Crippen molar-refractivity contribution < 1.29 is 9.13 Å². The van der Waals surface area contributed by atoms with Gasteiger partial charge in [-0.2, -0.15) is 0 Å². The van der Waals surface area contributed by atoms with Crippen molar-refractivity contribution in [1.82, 2.24) is 5.32 Å². The molecule has 1 aromatic rings. The van der Waals surface area contributed by atoms with E-state index in [1.54, 1.807) is 6.07 Å². The Kier molecular flexibility index (Phi) is 5.42. The van der Waals surface area contributed by atoms with Gasteiger partial charge in [-0.05, 0) is 57.5 Å². The molecule has 2 unspecified atom stereocenters. The van der Waals surface area contributed by atoms with Gasteiger partial charge in [-0.3, -0.25) is 0 Å². The standard InChI is InChI=1S/C14H22FNO/c1-5-8-16-11(3)12(4)17-14-7-6-13(15)9-10(14)2/h6-7,9,11-12,16H,5,8H2,1-4H3. The van der Waals surface area contributed by atoms with Gasteiger partial charge in [0, 0.05) is 6.04 Å². The Labute approximate surface area is 103 Å². The van der Waals surface area contributed by atoms with Crippen molar-refractivity contribution >= 4 is 0 Å². The highest BCUT2D eigenvalue weighted by atomic mass is 19.1. The van der Waals surface area contributed by atoms with E-state index in [1.165, 1.54) is 12.1 Å². The van der Waals surface area contributed by atoms with E-state index in [2.05, 4.69) is 19.2 Å². The maximum absolute atomic E-state index is 12.9. The molecule has 1 N–H and O–H groups in total. The predicted molar refractivity (Wildman–Crippen MR) is 69.0 cm³/mol. The van der Waals surface area contributed by atoms with Gasteiger partial charge in [0.1, 0.15) is 17.7 Å². The zero-order chi connectivity index (χ0) is 12.8. The molecule has 17 heavy (non-hydrogen) atoms. The lowest BCUT2D eigenvalue weighted by molar-refractivity contribution is 0.177. The molecule has 0 aromatic heterocycles. The van der Waals surface area contributed by atoms with E-state index in [0.717, 1.165) is 24.3 Å². The molecule has 3 heteroatoms. The van der Waals surface area contributed by atoms with E-state index in [4.69, 9.17) is 4.74 Å². The molecule has 0 aliphatic rings. The molecule has 1 rings (SSSR count). The SMILES string of the molecule is CCCNC(C)C(C)Oc1ccc(F)cc1C. The van der Waals surface area contributed by atoms with Gasteiger partial charge in [-0.15, -0.1) is 0 Å². The second kappa shape index (κ2) is 6.60. The summed E-state index contributed by atoms with van der Waals surface area (Å²) in [5.74, 6) is 0.531. The molecule has 0 fully saturated rings. The summed E-state index contributed by atoms with van der Waals surface area (Å²) in [7, 11) is 0. The number of halogens is 1. The summed E-state index contributed by atoms with van der Waals surface area (Å²) in [6.45, 7) is 9.09. The first kappa shape index (κ1) is 14.0. The van der Waals surface area contributed by atoms with E-state index in [9.17, 15) is 4.39 Å². The lowest BCUT2D eigenvalue weighted by Gasteiger charge is -2.23. The van der Waals surface area contributed by atoms with Gasteiger partial charge in [0.25, 0.3) is 0 Å². The van der Waals surface area contributed by atoms with Gasteiger partial charge in [0.05, 0.1) is 0 Å². The molecule has 0 saturated carbocycles. The Morgan fingerprint density at radius 3 is 2.65 bits per heavy atom. The molecule has 96 valence electrons. The Balaban J connectivity index is 2.58. The summed E-state index contributed by atoms with van der Waals surface area (Å²) in [4.78, 5) is 0. The second-order valence-corrected chi connectivity index (χ2v) is 4.48. The van der Waals surface area contributed by atoms with Gasteiger partial charge >= 0.3 is 0 Å². The molecular weight excluding hydrogens is 217 g/mol. The number of benzene rings is 1. The van der Waals surface area contributed by atoms with Crippen molar-refractivity contribution in [3.63, 3.8) is 0 Å². The van der Waals surface area contributed by atoms with Gasteiger partial charge in [0.2, 0.25) is 0 Å². The number of hydrogen-bond donors (Lipinski definition) is 1. The molecule has 0 bridgehead atoms. The van der Waals surface area contributed by atoms with Gasteiger partial charge < -0.3 is 10.1 Å². The number of rotatable bonds is 6. The summed E-state index contributed by atoms with van der Waals surface area (Å²) in [5, 5.41) is 3.38. The van der Waals surface area contributed by atoms with Crippen LogP contribution >= 0.6 is 0 Å². The number of aryl methyl sites for hydroxylation is 1. The maximum atomic E-state index is 12.9. The molecule has 0 aliphatic heterocycles. The fourth-order valence-corrected chi connectivity index (χ4v) is 1.59. The minimum absolute atomic E-state index is 0.0608. The summed E-state index contributed by atoms with van der Waals surface area (Å²) >= 11 is 0. The Morgan fingerprint density at radius 2 is 2.06 bits per heavy atom. The predicted octanol–water partition coefficient (Wildman–Crippen LogP) is 3.29. The van der Waals surface area contributed by atoms with Crippen molar-refractivity contribution in [3.8, 4) is 5.75 Å². The second-order valence-electron chi connectivity index (χ2n) is 4.48. The van der Waals surface area contributed by atoms with Crippen molar-refractivity contribution in [2.24, 2.45) is 0 Å². The molecular formula is C14H22FNO. The highest BCUT2D eigenvalue weighted by Gasteiger charge is 2.13. The topological polar surface area (TPSA) is 21.3 Å². The number of nitrogens with one attached hydrogen (secondary N) is 1. The highest BCUT2D eigenvalue weighted by Crippen LogP contribution is 2.20. The molecule has 0 heterocycles. The summed E-state index contributed by atoms with van der Waals surface area (Å²) < 4.78 is 18.8. The molecule has 0 saturated heterocycles. The number of ether oxygens (including phenoxy) is 1. The average molecular weight is 239 g/mol. The van der Waals surface area contributed by atoms with Crippen LogP contribution in [0.15, 0.2) is 18.2 Å². The van der Waals surface area contributed by atoms with Crippen LogP contribution < -0.4 is 10.1 Å². The zero-order valence-electron chi connectivity index (χ0n) is 11.1. The van der Waals surface area contributed by atoms with Crippen LogP contribution in [0, 0.1) is 12.7 Å². The Hall–Kier alpha value is -1.09. The third kappa shape index (κ3) is 4.35. The van der Waals surface area contributed by atoms with Crippen LogP contribution in [0.2, 0.25) is 0 Å². The number of hydrogen-bond acceptors (Lipinski definition) is 2. The largest absolute Gasteiger partial charge is 0.489 e. The molecule has 0 spiro atoms. The van der Waals surface area contributed by atoms with Crippen LogP contribution in [0.25, 0.3) is 0 Å². The van der Waals surface area contributed by atoms with Crippen LogP contribution in [0.5, 0.6) is 5.75 Å². The smallest absolute Gasteiger partial charge is 0.123 e. The van der Waals surface area contributed by atoms with E-state index in [0.29, 0.717) is 0 Å². The van der Waals surface area contributed by atoms with Crippen LogP contribution in [0.4, 0.5) is 4.39 Å². The minimum Gasteiger partial charge on any atom is -0.489 e. The van der Waals surface area contributed by atoms with Gasteiger partial charge in [0.15, 0.2) is 0 Å². The monoisotopic (exact) mass is 239 g/mol. The van der Waals surface area contributed by atoms with E-state index < -0.39 is 0 Å². The highest BCUT2D eigenvalue weighted by molar-refractivity contribution is 5.32. The van der Waals surface area contributed by atoms with E-state index >= 15 is 0 Å². The lowest BCUT2D eigenvalue weighted by atomic mass is 10.2. The quantitative estimate of drug-likeness (QED) is 0.822. The Morgan fingerprint density at radius 1 is 1.35 bits per heavy atom. The Bertz CT molecular complexity index is 354. The molecule has 2 nitrogen and oxygen atoms in total. The van der Waals surface area contributed by atoms with E-state index in [1.807, 2.05) is 13.8 Å². The molecule has 0 amide bonds. The molecule has 0 aliphatic carbocycles. The van der Waals surface area contributed by atoms with Crippen molar-refractivity contribution in [1.29, 1.82) is 0 Å². The summed E-state index contributed by atoms with van der Waals surface area (Å²) in [6, 6.07) is 4.89. The van der Waals surface area contributed by atoms with E-state index in [-0.39, 0.29) is 18.0 Å². The van der Waals surface area contributed by atoms with Crippen LogP contribution in [-0.4, -0.2) is 18.7 Å². The first-order valence-electron chi connectivity index (χ1n) is 6.20. The summed E-state index contributed by atoms with van der Waals surface area (Å²) in [6.07, 6.45) is 1.16. The van der Waals surface area contributed by atoms with Crippen molar-refractivity contribution in [2.75, 3.05) is 6.54 Å². The molecule has 0 radical (unpaired) electrons. The molecule has 2 atom stereocenters. The molecule has 1 aromatic carbocycles. The third-order valence-corrected chi connectivity index (χ3v) is 2.87. The van der Waals surface area contributed by atoms with Crippen molar-refractivity contribution in [3.05, 3.63) is 29.6 Å². The fourth-order valence-electron chi connectivity index (χ4n) is 1.59. The third-order valence-electron chi connectivity index (χ3n) is 2.87. The van der Waals surface area contributed by atoms with Crippen LogP contribution in [-0.2, 0) is 0 Å². The first-order chi connectivity index (χ1) is 8.04. The summed E-state index contributed by atoms with van der Waals surface area (Å²) in [5.41, 5.74) is 0.833. The van der Waals surface area contributed by atoms with Crippen LogP contribution in [0.1, 0.15) is 32.8 Å². The normalized spacial score (nSPS) is 14.4. The maximum Gasteiger partial charge on any atom is 0.123 e. The lowest BCUT2D eigenvalue weighted by Crippen LogP contribution is -2.39. The average Bonchev–Trinajstić information content (AvgIpc) is 2.29. The van der Waals surface area contributed by atoms with Crippen LogP contribution in [0.3, 0.4) is 0 Å². The first-order valence-corrected chi connectivity index (χ1v) is 6.20. The van der Waals surface area contributed by atoms with Gasteiger partial charge in [-0.1, -0.05) is 6.92 Å². The van der Waals surface area contributed by atoms with Gasteiger partial charge in [-0.25, -0.2) is 4.39 Å². The van der Waals surface area contributed by atoms with Crippen molar-refractivity contribution in [2.45, 2.75) is 46.3 Å². The zero-order valence-corrected chi connectivity index (χ0v) is 11.1. The fraction of sp³-hybridized carbons (Fsp3) is 0.571. The minimum atomic E-state index is -0.223.